The first-order chi connectivity index (χ1) is 32.3. The fourth-order valence-electron chi connectivity index (χ4n) is 10.0. The van der Waals surface area contributed by atoms with Crippen molar-refractivity contribution in [2.24, 2.45) is 0 Å². The summed E-state index contributed by atoms with van der Waals surface area (Å²) in [6, 6.07) is 0.806. The van der Waals surface area contributed by atoms with Crippen LogP contribution < -0.4 is 10.2 Å². The van der Waals surface area contributed by atoms with Gasteiger partial charge in [-0.3, -0.25) is 0 Å². The van der Waals surface area contributed by atoms with Gasteiger partial charge in [0.15, 0.2) is 0 Å². The summed E-state index contributed by atoms with van der Waals surface area (Å²) >= 11 is 0. The predicted octanol–water partition coefficient (Wildman–Crippen LogP) is 16.5. The third-order valence-corrected chi connectivity index (χ3v) is 14.5. The van der Waals surface area contributed by atoms with Crippen molar-refractivity contribution in [3.63, 3.8) is 0 Å². The van der Waals surface area contributed by atoms with Gasteiger partial charge in [-0.25, -0.2) is 0 Å². The zero-order valence-electron chi connectivity index (χ0n) is 46.7. The molecule has 0 aromatic rings. The van der Waals surface area contributed by atoms with E-state index in [0.29, 0.717) is 12.1 Å². The quantitative estimate of drug-likeness (QED) is 0.0446. The van der Waals surface area contributed by atoms with Crippen LogP contribution in [0.4, 0.5) is 0 Å². The number of aliphatic carboxylic acids is 2. The second-order valence-corrected chi connectivity index (χ2v) is 20.7. The second-order valence-electron chi connectivity index (χ2n) is 20.7. The van der Waals surface area contributed by atoms with E-state index in [1.54, 1.807) is 0 Å². The summed E-state index contributed by atoms with van der Waals surface area (Å²) in [5, 5.41) is 22.0. The fraction of sp³-hybridized carbons (Fsp3) is 0.967. The van der Waals surface area contributed by atoms with E-state index >= 15 is 0 Å². The maximum absolute atomic E-state index is 11.0. The number of rotatable bonds is 54. The van der Waals surface area contributed by atoms with Crippen molar-refractivity contribution in [3.8, 4) is 0 Å². The molecule has 0 N–H and O–H groups in total. The molecule has 0 aliphatic rings. The van der Waals surface area contributed by atoms with Crippen LogP contribution in [0.2, 0.25) is 0 Å². The number of nitrogens with zero attached hydrogens (tertiary/aromatic N) is 2. The van der Waals surface area contributed by atoms with Crippen molar-refractivity contribution in [2.45, 2.75) is 349 Å². The Morgan fingerprint density at radius 2 is 0.463 bits per heavy atom. The Hall–Kier alpha value is 0.120. The Labute approximate surface area is 451 Å². The summed E-state index contributed by atoms with van der Waals surface area (Å²) in [7, 11) is 0. The Morgan fingerprint density at radius 1 is 0.299 bits per heavy atom. The molecule has 0 spiro atoms. The first kappa shape index (κ1) is 71.4. The Balaban J connectivity index is -0.00000120. The van der Waals surface area contributed by atoms with Gasteiger partial charge in [-0.05, 0) is 90.4 Å². The number of hydrogen-bond donors (Lipinski definition) is 0. The minimum atomic E-state index is -0.897. The van der Waals surface area contributed by atoms with Crippen molar-refractivity contribution >= 4 is 49.7 Å². The summed E-state index contributed by atoms with van der Waals surface area (Å²) in [6.07, 6.45) is 58.7. The average molecular weight is 974 g/mol. The van der Waals surface area contributed by atoms with Gasteiger partial charge in [0, 0.05) is 24.0 Å². The van der Waals surface area contributed by atoms with Gasteiger partial charge in [-0.15, -0.1) is 0 Å². The summed E-state index contributed by atoms with van der Waals surface area (Å²) < 4.78 is 0. The topological polar surface area (TPSA) is 86.7 Å². The first-order valence-electron chi connectivity index (χ1n) is 30.2. The molecule has 0 aliphatic heterocycles. The molecule has 7 heteroatoms. The monoisotopic (exact) mass is 973 g/mol. The van der Waals surface area contributed by atoms with Crippen LogP contribution in [0.3, 0.4) is 0 Å². The molecule has 0 amide bonds. The molecular weight excluding hydrogens is 853 g/mol. The Bertz CT molecular complexity index is 831. The number of hydrogen-bond acceptors (Lipinski definition) is 6. The maximum atomic E-state index is 11.0. The molecule has 6 nitrogen and oxygen atoms in total. The van der Waals surface area contributed by atoms with E-state index in [1.807, 2.05) is 0 Å². The molecule has 0 aromatic carbocycles. The Kier molecular flexibility index (Phi) is 64.4. The third kappa shape index (κ3) is 55.3. The van der Waals surface area contributed by atoms with Crippen molar-refractivity contribution in [2.75, 3.05) is 26.2 Å². The van der Waals surface area contributed by atoms with Crippen LogP contribution in [0.5, 0.6) is 0 Å². The number of carbonyl (C=O) groups is 2. The van der Waals surface area contributed by atoms with Gasteiger partial charge in [-0.1, -0.05) is 273 Å². The second kappa shape index (κ2) is 60.4. The minimum absolute atomic E-state index is 0. The number of carboxylic acids is 2. The molecule has 0 heterocycles. The number of carbonyl (C=O) groups excluding carboxylic acids is 2. The number of unbranched alkanes of at least 4 members (excludes halogenated alkanes) is 36. The molecule has 0 fully saturated rings. The van der Waals surface area contributed by atoms with Crippen molar-refractivity contribution in [1.82, 2.24) is 9.80 Å². The van der Waals surface area contributed by atoms with Crippen molar-refractivity contribution in [1.29, 1.82) is 0 Å². The largest absolute Gasteiger partial charge is 2.00 e. The Morgan fingerprint density at radius 3 is 0.612 bits per heavy atom. The van der Waals surface area contributed by atoms with Crippen LogP contribution in [-0.2, 0) is 9.59 Å². The van der Waals surface area contributed by atoms with E-state index in [-0.39, 0.29) is 50.6 Å². The summed E-state index contributed by atoms with van der Waals surface area (Å²) in [5.41, 5.74) is 0. The van der Waals surface area contributed by atoms with Crippen LogP contribution in [0.25, 0.3) is 0 Å². The molecule has 0 bridgehead atoms. The molecule has 0 aliphatic carbocycles. The SMILES string of the molecule is CCCCCCCCCCCCN(CCCCCCCCCCCC)C(CC)CCC(=O)[O-].CCCCCCCCCCCCN(CCCCCCCCCCCC)C(CC)CCC(=O)[O-].[Ca+2]. The zero-order chi connectivity index (χ0) is 48.8. The molecule has 0 rings (SSSR count). The van der Waals surface area contributed by atoms with Crippen LogP contribution in [0.1, 0.15) is 337 Å². The normalized spacial score (nSPS) is 12.3. The summed E-state index contributed by atoms with van der Waals surface area (Å²) in [5.74, 6) is -1.79. The number of carboxylic acid groups (broad SMARTS) is 2. The van der Waals surface area contributed by atoms with Gasteiger partial charge >= 0.3 is 37.7 Å². The minimum Gasteiger partial charge on any atom is -0.550 e. The molecule has 67 heavy (non-hydrogen) atoms. The molecular formula is C60H120CaN2O4. The zero-order valence-corrected chi connectivity index (χ0v) is 49.0. The maximum Gasteiger partial charge on any atom is 2.00 e. The van der Waals surface area contributed by atoms with E-state index in [4.69, 9.17) is 0 Å². The third-order valence-electron chi connectivity index (χ3n) is 14.5. The smallest absolute Gasteiger partial charge is 0.550 e. The van der Waals surface area contributed by atoms with Gasteiger partial charge < -0.3 is 29.6 Å². The van der Waals surface area contributed by atoms with Gasteiger partial charge in [0.1, 0.15) is 0 Å². The average Bonchev–Trinajstić information content (AvgIpc) is 3.31. The predicted molar refractivity (Wildman–Crippen MR) is 293 cm³/mol. The van der Waals surface area contributed by atoms with E-state index in [0.717, 1.165) is 51.9 Å². The molecule has 2 unspecified atom stereocenters. The fourth-order valence-corrected chi connectivity index (χ4v) is 10.0. The molecule has 2 atom stereocenters. The van der Waals surface area contributed by atoms with Gasteiger partial charge in [0.2, 0.25) is 0 Å². The van der Waals surface area contributed by atoms with Crippen LogP contribution in [0, 0.1) is 0 Å². The van der Waals surface area contributed by atoms with Crippen LogP contribution in [-0.4, -0.2) is 97.7 Å². The van der Waals surface area contributed by atoms with Gasteiger partial charge in [-0.2, -0.15) is 0 Å². The van der Waals surface area contributed by atoms with E-state index in [1.165, 1.54) is 257 Å². The molecule has 0 saturated heterocycles. The first-order valence-corrected chi connectivity index (χ1v) is 30.2. The van der Waals surface area contributed by atoms with Crippen molar-refractivity contribution < 1.29 is 19.8 Å². The van der Waals surface area contributed by atoms with E-state index in [2.05, 4.69) is 51.3 Å². The van der Waals surface area contributed by atoms with Crippen LogP contribution >= 0.6 is 0 Å². The van der Waals surface area contributed by atoms with Crippen LogP contribution in [0.15, 0.2) is 0 Å². The molecule has 0 radical (unpaired) electrons. The van der Waals surface area contributed by atoms with E-state index < -0.39 is 11.9 Å². The van der Waals surface area contributed by atoms with E-state index in [9.17, 15) is 19.8 Å². The van der Waals surface area contributed by atoms with Gasteiger partial charge in [0.05, 0.1) is 0 Å². The molecule has 0 aromatic heterocycles. The summed E-state index contributed by atoms with van der Waals surface area (Å²) in [4.78, 5) is 27.2. The summed E-state index contributed by atoms with van der Waals surface area (Å²) in [6.45, 7) is 18.1. The molecule has 0 saturated carbocycles. The van der Waals surface area contributed by atoms with Gasteiger partial charge in [0.25, 0.3) is 0 Å². The molecule has 396 valence electrons. The standard InChI is InChI=1S/2C30H61NO2.Ca/c2*1-4-7-9-11-13-15-17-19-21-23-27-31(29(6-3)25-26-30(32)33)28-24-22-20-18-16-14-12-10-8-5-2;/h2*29H,4-28H2,1-3H3,(H,32,33);/q;;+2/p-2. The van der Waals surface area contributed by atoms with Crippen molar-refractivity contribution in [3.05, 3.63) is 0 Å².